The van der Waals surface area contributed by atoms with Gasteiger partial charge in [-0.3, -0.25) is 9.59 Å². The Morgan fingerprint density at radius 3 is 2.08 bits per heavy atom. The van der Waals surface area contributed by atoms with Gasteiger partial charge in [-0.05, 0) is 36.1 Å². The molecule has 0 spiro atoms. The summed E-state index contributed by atoms with van der Waals surface area (Å²) in [6, 6.07) is 12.1. The number of rotatable bonds is 17. The van der Waals surface area contributed by atoms with Gasteiger partial charge in [-0.25, -0.2) is 10.0 Å². The predicted molar refractivity (Wildman–Crippen MR) is 145 cm³/mol. The number of benzene rings is 2. The number of carbonyl (C=O) groups is 3. The largest absolute Gasteiger partial charge is 0.595 e. The molecule has 0 bridgehead atoms. The molecule has 5 N–H and O–H groups in total. The number of carboxylic acid groups (broad SMARTS) is 1. The minimum absolute atomic E-state index is 0.0816. The van der Waals surface area contributed by atoms with Gasteiger partial charge >= 0.3 is 11.9 Å². The van der Waals surface area contributed by atoms with Gasteiger partial charge in [0.1, 0.15) is 0 Å². The zero-order valence-corrected chi connectivity index (χ0v) is 22.2. The van der Waals surface area contributed by atoms with E-state index in [1.165, 1.54) is 63.5 Å². The predicted octanol–water partition coefficient (Wildman–Crippen LogP) is 4.23. The van der Waals surface area contributed by atoms with E-state index in [9.17, 15) is 19.6 Å². The van der Waals surface area contributed by atoms with Crippen molar-refractivity contribution in [2.45, 2.75) is 83.6 Å². The topological polar surface area (TPSA) is 143 Å². The van der Waals surface area contributed by atoms with Crippen molar-refractivity contribution in [2.24, 2.45) is 0 Å². The summed E-state index contributed by atoms with van der Waals surface area (Å²) in [5, 5.41) is 33.7. The van der Waals surface area contributed by atoms with Crippen LogP contribution in [0.5, 0.6) is 0 Å². The van der Waals surface area contributed by atoms with E-state index < -0.39 is 23.1 Å². The summed E-state index contributed by atoms with van der Waals surface area (Å²) in [6.07, 6.45) is 12.5. The molecule has 0 fully saturated rings. The van der Waals surface area contributed by atoms with Crippen LogP contribution in [-0.2, 0) is 16.0 Å². The Labute approximate surface area is 224 Å². The van der Waals surface area contributed by atoms with Gasteiger partial charge in [-0.1, -0.05) is 89.0 Å². The number of unbranched alkanes of at least 4 members (excludes halogenated alkanes) is 9. The van der Waals surface area contributed by atoms with Gasteiger partial charge in [0.25, 0.3) is 5.91 Å². The van der Waals surface area contributed by atoms with E-state index in [0.717, 1.165) is 18.4 Å². The maximum atomic E-state index is 12.7. The van der Waals surface area contributed by atoms with Crippen LogP contribution in [0.4, 0.5) is 5.69 Å². The highest BCUT2D eigenvalue weighted by Gasteiger charge is 2.20. The lowest BCUT2D eigenvalue weighted by Crippen LogP contribution is -2.99. The van der Waals surface area contributed by atoms with Crippen molar-refractivity contribution < 1.29 is 29.9 Å². The van der Waals surface area contributed by atoms with Crippen LogP contribution < -0.4 is 15.9 Å². The first kappa shape index (κ1) is 31.0. The van der Waals surface area contributed by atoms with Gasteiger partial charge in [0.2, 0.25) is 0 Å². The molecule has 0 aliphatic carbocycles. The highest BCUT2D eigenvalue weighted by Crippen LogP contribution is 2.21. The third-order valence-electron chi connectivity index (χ3n) is 6.50. The molecule has 0 saturated carbocycles. The average Bonchev–Trinajstić information content (AvgIpc) is 2.91. The number of carbonyl (C=O) groups excluding carboxylic acids is 2. The minimum Gasteiger partial charge on any atom is -0.595 e. The molecular weight excluding hydrogens is 486 g/mol. The average molecular weight is 528 g/mol. The van der Waals surface area contributed by atoms with Crippen LogP contribution >= 0.6 is 0 Å². The SMILES string of the molecule is CCCCCCCCCCCCNC(=O)c1cccc(CC(NC(=O)C(=O)O)c2ccc([NH+]([O-])O)cc2)c1. The lowest BCUT2D eigenvalue weighted by atomic mass is 9.97. The standard InChI is InChI=1S/C29H41N3O6/c1-2-3-4-5-6-7-8-9-10-11-19-30-27(33)24-14-12-13-22(20-24)21-26(31-28(34)29(35)36)23-15-17-25(18-16-23)32(37)38/h12-18,20,26,32,37H,2-11,19,21H2,1H3,(H,30,33)(H,31,34)(H,35,36). The zero-order valence-electron chi connectivity index (χ0n) is 22.2. The Balaban J connectivity index is 1.87. The fraction of sp³-hybridized carbons (Fsp3) is 0.483. The van der Waals surface area contributed by atoms with E-state index in [1.807, 2.05) is 0 Å². The van der Waals surface area contributed by atoms with Crippen LogP contribution in [0, 0.1) is 5.21 Å². The summed E-state index contributed by atoms with van der Waals surface area (Å²) >= 11 is 0. The first-order chi connectivity index (χ1) is 18.3. The molecular formula is C29H41N3O6. The van der Waals surface area contributed by atoms with Crippen molar-refractivity contribution in [3.05, 3.63) is 70.4 Å². The second-order valence-electron chi connectivity index (χ2n) is 9.60. The molecule has 9 heteroatoms. The van der Waals surface area contributed by atoms with Gasteiger partial charge in [0, 0.05) is 24.2 Å². The molecule has 9 nitrogen and oxygen atoms in total. The fourth-order valence-corrected chi connectivity index (χ4v) is 4.32. The number of aliphatic carboxylic acids is 1. The normalized spacial score (nSPS) is 12.5. The molecule has 2 amide bonds. The maximum absolute atomic E-state index is 12.7. The first-order valence-electron chi connectivity index (χ1n) is 13.6. The number of hydrogen-bond donors (Lipinski definition) is 5. The molecule has 0 heterocycles. The second-order valence-corrected chi connectivity index (χ2v) is 9.60. The number of nitrogens with one attached hydrogen (secondary N) is 3. The van der Waals surface area contributed by atoms with Crippen LogP contribution in [0.1, 0.15) is 98.7 Å². The van der Waals surface area contributed by atoms with Crippen molar-refractivity contribution in [3.63, 3.8) is 0 Å². The van der Waals surface area contributed by atoms with Gasteiger partial charge in [-0.15, -0.1) is 0 Å². The Bertz CT molecular complexity index is 1010. The molecule has 2 aromatic carbocycles. The molecule has 0 aliphatic rings. The van der Waals surface area contributed by atoms with E-state index in [2.05, 4.69) is 17.6 Å². The summed E-state index contributed by atoms with van der Waals surface area (Å²) in [7, 11) is 0. The molecule has 0 aromatic heterocycles. The van der Waals surface area contributed by atoms with E-state index >= 15 is 0 Å². The number of hydrogen-bond acceptors (Lipinski definition) is 5. The van der Waals surface area contributed by atoms with Crippen LogP contribution in [0.15, 0.2) is 48.5 Å². The lowest BCUT2D eigenvalue weighted by molar-refractivity contribution is -0.991. The van der Waals surface area contributed by atoms with Crippen molar-refractivity contribution in [2.75, 3.05) is 6.54 Å². The second kappa shape index (κ2) is 17.3. The summed E-state index contributed by atoms with van der Waals surface area (Å²) < 4.78 is 0. The van der Waals surface area contributed by atoms with Gasteiger partial charge in [-0.2, -0.15) is 5.23 Å². The monoisotopic (exact) mass is 527 g/mol. The highest BCUT2D eigenvalue weighted by atomic mass is 16.8. The van der Waals surface area contributed by atoms with E-state index in [4.69, 9.17) is 10.3 Å². The van der Waals surface area contributed by atoms with E-state index in [1.54, 1.807) is 36.4 Å². The van der Waals surface area contributed by atoms with Crippen molar-refractivity contribution >= 4 is 23.5 Å². The molecule has 0 saturated heterocycles. The van der Waals surface area contributed by atoms with Crippen LogP contribution in [0.25, 0.3) is 0 Å². The molecule has 2 aromatic rings. The fourth-order valence-electron chi connectivity index (χ4n) is 4.32. The van der Waals surface area contributed by atoms with Crippen molar-refractivity contribution in [1.29, 1.82) is 0 Å². The Morgan fingerprint density at radius 1 is 0.895 bits per heavy atom. The number of carboxylic acids is 1. The van der Waals surface area contributed by atoms with Crippen LogP contribution in [-0.4, -0.2) is 34.6 Å². The Hall–Kier alpha value is -3.27. The summed E-state index contributed by atoms with van der Waals surface area (Å²) in [5.41, 5.74) is 1.85. The van der Waals surface area contributed by atoms with Crippen LogP contribution in [0.2, 0.25) is 0 Å². The smallest absolute Gasteiger partial charge is 0.394 e. The molecule has 2 atom stereocenters. The lowest BCUT2D eigenvalue weighted by Gasteiger charge is -2.20. The molecule has 2 unspecified atom stereocenters. The molecule has 0 radical (unpaired) electrons. The molecule has 0 aliphatic heterocycles. The van der Waals surface area contributed by atoms with E-state index in [-0.39, 0.29) is 18.0 Å². The molecule has 2 rings (SSSR count). The van der Waals surface area contributed by atoms with Gasteiger partial charge in [0.15, 0.2) is 5.69 Å². The first-order valence-corrected chi connectivity index (χ1v) is 13.6. The zero-order chi connectivity index (χ0) is 27.8. The van der Waals surface area contributed by atoms with Crippen molar-refractivity contribution in [1.82, 2.24) is 10.6 Å². The summed E-state index contributed by atoms with van der Waals surface area (Å²) in [4.78, 5) is 35.7. The van der Waals surface area contributed by atoms with Crippen molar-refractivity contribution in [3.8, 4) is 0 Å². The third kappa shape index (κ3) is 11.4. The van der Waals surface area contributed by atoms with Gasteiger partial charge in [0.05, 0.1) is 6.04 Å². The summed E-state index contributed by atoms with van der Waals surface area (Å²) in [6.45, 7) is 2.83. The third-order valence-corrected chi connectivity index (χ3v) is 6.50. The van der Waals surface area contributed by atoms with Crippen LogP contribution in [0.3, 0.4) is 0 Å². The highest BCUT2D eigenvalue weighted by molar-refractivity contribution is 6.31. The molecule has 208 valence electrons. The quantitative estimate of drug-likeness (QED) is 0.118. The Morgan fingerprint density at radius 2 is 1.50 bits per heavy atom. The minimum atomic E-state index is -1.61. The number of quaternary nitrogens is 1. The number of amides is 2. The Kier molecular flexibility index (Phi) is 14.1. The van der Waals surface area contributed by atoms with Gasteiger partial charge < -0.3 is 20.9 Å². The maximum Gasteiger partial charge on any atom is 0.394 e. The molecule has 38 heavy (non-hydrogen) atoms. The van der Waals surface area contributed by atoms with E-state index in [0.29, 0.717) is 17.7 Å². The summed E-state index contributed by atoms with van der Waals surface area (Å²) in [5.74, 6) is -2.96.